The topological polar surface area (TPSA) is 0 Å². The highest BCUT2D eigenvalue weighted by Gasteiger charge is 2.55. The summed E-state index contributed by atoms with van der Waals surface area (Å²) >= 11 is 0. The van der Waals surface area contributed by atoms with E-state index in [-0.39, 0.29) is 0 Å². The van der Waals surface area contributed by atoms with Gasteiger partial charge in [-0.3, -0.25) is 0 Å². The van der Waals surface area contributed by atoms with Gasteiger partial charge >= 0.3 is 0 Å². The molecule has 2 aliphatic rings. The fourth-order valence-corrected chi connectivity index (χ4v) is 2.76. The molecule has 2 atom stereocenters. The fraction of sp³-hybridized carbons (Fsp3) is 0.667. The summed E-state index contributed by atoms with van der Waals surface area (Å²) in [7, 11) is 0. The molecule has 66 valence electrons. The standard InChI is InChI=1S/C12H18/c1-9(2)8-11-10-6-4-5-7-12(10,11)3/h8,10H,1,4-7H2,2-3H3. The lowest BCUT2D eigenvalue weighted by Crippen LogP contribution is -2.03. The van der Waals surface area contributed by atoms with Crippen LogP contribution in [-0.2, 0) is 0 Å². The molecule has 0 amide bonds. The van der Waals surface area contributed by atoms with Gasteiger partial charge in [-0.2, -0.15) is 0 Å². The SMILES string of the molecule is C=C(C)C=C1C2CCCCC12C. The van der Waals surface area contributed by atoms with E-state index in [1.807, 2.05) is 0 Å². The third-order valence-electron chi connectivity index (χ3n) is 3.56. The molecular formula is C12H18. The van der Waals surface area contributed by atoms with Crippen LogP contribution in [0.4, 0.5) is 0 Å². The van der Waals surface area contributed by atoms with E-state index >= 15 is 0 Å². The Hall–Kier alpha value is -0.520. The lowest BCUT2D eigenvalue weighted by molar-refractivity contribution is 0.369. The minimum atomic E-state index is 0.594. The van der Waals surface area contributed by atoms with Crippen molar-refractivity contribution in [2.75, 3.05) is 0 Å². The molecule has 2 aliphatic carbocycles. The Balaban J connectivity index is 2.17. The lowest BCUT2D eigenvalue weighted by atomic mass is 9.90. The third-order valence-corrected chi connectivity index (χ3v) is 3.56. The monoisotopic (exact) mass is 162 g/mol. The van der Waals surface area contributed by atoms with Gasteiger partial charge in [0.2, 0.25) is 0 Å². The van der Waals surface area contributed by atoms with Crippen molar-refractivity contribution >= 4 is 0 Å². The van der Waals surface area contributed by atoms with Gasteiger partial charge < -0.3 is 0 Å². The number of allylic oxidation sites excluding steroid dienone is 3. The van der Waals surface area contributed by atoms with Crippen molar-refractivity contribution < 1.29 is 0 Å². The van der Waals surface area contributed by atoms with E-state index in [1.54, 1.807) is 5.57 Å². The fourth-order valence-electron chi connectivity index (χ4n) is 2.76. The Morgan fingerprint density at radius 3 is 2.83 bits per heavy atom. The van der Waals surface area contributed by atoms with Crippen LogP contribution in [0.15, 0.2) is 23.8 Å². The van der Waals surface area contributed by atoms with Crippen molar-refractivity contribution in [3.05, 3.63) is 23.8 Å². The molecule has 0 heteroatoms. The maximum absolute atomic E-state index is 3.95. The van der Waals surface area contributed by atoms with Crippen LogP contribution in [0.3, 0.4) is 0 Å². The molecule has 0 aromatic rings. The molecule has 0 bridgehead atoms. The van der Waals surface area contributed by atoms with E-state index in [9.17, 15) is 0 Å². The highest BCUT2D eigenvalue weighted by molar-refractivity contribution is 5.42. The minimum Gasteiger partial charge on any atom is -0.0961 e. The van der Waals surface area contributed by atoms with Gasteiger partial charge in [0, 0.05) is 0 Å². The van der Waals surface area contributed by atoms with E-state index in [4.69, 9.17) is 0 Å². The Labute approximate surface area is 75.4 Å². The van der Waals surface area contributed by atoms with Gasteiger partial charge in [-0.15, -0.1) is 0 Å². The van der Waals surface area contributed by atoms with Crippen LogP contribution in [-0.4, -0.2) is 0 Å². The molecule has 2 saturated carbocycles. The number of hydrogen-bond donors (Lipinski definition) is 0. The van der Waals surface area contributed by atoms with E-state index in [2.05, 4.69) is 26.5 Å². The molecule has 2 rings (SSSR count). The Morgan fingerprint density at radius 1 is 1.58 bits per heavy atom. The summed E-state index contributed by atoms with van der Waals surface area (Å²) < 4.78 is 0. The molecule has 12 heavy (non-hydrogen) atoms. The number of rotatable bonds is 1. The number of fused-ring (bicyclic) bond motifs is 1. The predicted molar refractivity (Wildman–Crippen MR) is 53.0 cm³/mol. The van der Waals surface area contributed by atoms with Crippen LogP contribution in [0.5, 0.6) is 0 Å². The molecule has 0 nitrogen and oxygen atoms in total. The van der Waals surface area contributed by atoms with Crippen LogP contribution in [0.25, 0.3) is 0 Å². The molecule has 0 heterocycles. The summed E-state index contributed by atoms with van der Waals surface area (Å²) in [4.78, 5) is 0. The van der Waals surface area contributed by atoms with Crippen LogP contribution in [0.2, 0.25) is 0 Å². The second kappa shape index (κ2) is 2.48. The lowest BCUT2D eigenvalue weighted by Gasteiger charge is -2.14. The quantitative estimate of drug-likeness (QED) is 0.551. The van der Waals surface area contributed by atoms with Gasteiger partial charge in [0.15, 0.2) is 0 Å². The van der Waals surface area contributed by atoms with Crippen molar-refractivity contribution in [1.29, 1.82) is 0 Å². The minimum absolute atomic E-state index is 0.594. The number of hydrogen-bond acceptors (Lipinski definition) is 0. The normalized spacial score (nSPS) is 42.5. The van der Waals surface area contributed by atoms with Gasteiger partial charge in [0.25, 0.3) is 0 Å². The smallest absolute Gasteiger partial charge is 0.00444 e. The summed E-state index contributed by atoms with van der Waals surface area (Å²) in [6.07, 6.45) is 8.02. The molecule has 2 fully saturated rings. The first-order chi connectivity index (χ1) is 5.64. The zero-order chi connectivity index (χ0) is 8.77. The second-order valence-corrected chi connectivity index (χ2v) is 4.66. The predicted octanol–water partition coefficient (Wildman–Crippen LogP) is 3.70. The first kappa shape index (κ1) is 8.10. The summed E-state index contributed by atoms with van der Waals surface area (Å²) in [6.45, 7) is 8.47. The van der Waals surface area contributed by atoms with E-state index in [1.165, 1.54) is 31.3 Å². The third kappa shape index (κ3) is 1.05. The summed E-state index contributed by atoms with van der Waals surface area (Å²) in [6, 6.07) is 0. The molecular weight excluding hydrogens is 144 g/mol. The first-order valence-corrected chi connectivity index (χ1v) is 5.02. The highest BCUT2D eigenvalue weighted by atomic mass is 14.6. The molecule has 0 aromatic heterocycles. The van der Waals surface area contributed by atoms with Gasteiger partial charge in [-0.25, -0.2) is 0 Å². The van der Waals surface area contributed by atoms with Gasteiger partial charge in [0.1, 0.15) is 0 Å². The molecule has 0 aromatic carbocycles. The molecule has 0 N–H and O–H groups in total. The largest absolute Gasteiger partial charge is 0.0961 e. The summed E-state index contributed by atoms with van der Waals surface area (Å²) in [5.74, 6) is 0.919. The molecule has 0 radical (unpaired) electrons. The van der Waals surface area contributed by atoms with Crippen molar-refractivity contribution in [2.24, 2.45) is 11.3 Å². The Bertz CT molecular complexity index is 247. The molecule has 0 spiro atoms. The van der Waals surface area contributed by atoms with Crippen molar-refractivity contribution in [1.82, 2.24) is 0 Å². The van der Waals surface area contributed by atoms with E-state index in [0.29, 0.717) is 5.41 Å². The second-order valence-electron chi connectivity index (χ2n) is 4.66. The van der Waals surface area contributed by atoms with Crippen LogP contribution >= 0.6 is 0 Å². The van der Waals surface area contributed by atoms with Crippen molar-refractivity contribution in [3.8, 4) is 0 Å². The zero-order valence-corrected chi connectivity index (χ0v) is 8.19. The zero-order valence-electron chi connectivity index (χ0n) is 8.19. The van der Waals surface area contributed by atoms with Gasteiger partial charge in [0.05, 0.1) is 0 Å². The maximum atomic E-state index is 3.95. The first-order valence-electron chi connectivity index (χ1n) is 5.02. The summed E-state index contributed by atoms with van der Waals surface area (Å²) in [5.41, 5.74) is 3.50. The molecule has 2 unspecified atom stereocenters. The summed E-state index contributed by atoms with van der Waals surface area (Å²) in [5, 5.41) is 0. The van der Waals surface area contributed by atoms with Crippen LogP contribution < -0.4 is 0 Å². The highest BCUT2D eigenvalue weighted by Crippen LogP contribution is 2.65. The van der Waals surface area contributed by atoms with E-state index < -0.39 is 0 Å². The van der Waals surface area contributed by atoms with Crippen LogP contribution in [0, 0.1) is 11.3 Å². The molecule has 0 aliphatic heterocycles. The Kier molecular flexibility index (Phi) is 1.67. The Morgan fingerprint density at radius 2 is 2.33 bits per heavy atom. The van der Waals surface area contributed by atoms with Crippen molar-refractivity contribution in [3.63, 3.8) is 0 Å². The van der Waals surface area contributed by atoms with Crippen molar-refractivity contribution in [2.45, 2.75) is 39.5 Å². The maximum Gasteiger partial charge on any atom is -0.00444 e. The average molecular weight is 162 g/mol. The average Bonchev–Trinajstić information content (AvgIpc) is 2.56. The van der Waals surface area contributed by atoms with Crippen LogP contribution in [0.1, 0.15) is 39.5 Å². The van der Waals surface area contributed by atoms with Gasteiger partial charge in [-0.1, -0.05) is 43.6 Å². The molecule has 0 saturated heterocycles. The van der Waals surface area contributed by atoms with E-state index in [0.717, 1.165) is 5.92 Å². The van der Waals surface area contributed by atoms with Gasteiger partial charge in [-0.05, 0) is 31.1 Å².